The van der Waals surface area contributed by atoms with E-state index in [0.29, 0.717) is 22.7 Å². The van der Waals surface area contributed by atoms with Crippen LogP contribution in [0.25, 0.3) is 16.9 Å². The zero-order valence-electron chi connectivity index (χ0n) is 20.8. The molecule has 0 bridgehead atoms. The number of hydrogen-bond donors (Lipinski definition) is 1. The highest BCUT2D eigenvalue weighted by atomic mass is 19.4. The fourth-order valence-electron chi connectivity index (χ4n) is 4.63. The van der Waals surface area contributed by atoms with Gasteiger partial charge in [0.15, 0.2) is 0 Å². The Morgan fingerprint density at radius 1 is 0.947 bits per heavy atom. The van der Waals surface area contributed by atoms with Gasteiger partial charge in [-0.1, -0.05) is 18.2 Å². The summed E-state index contributed by atoms with van der Waals surface area (Å²) in [4.78, 5) is 15.7. The number of alkyl halides is 3. The Balaban J connectivity index is 1.56. The molecule has 0 unspecified atom stereocenters. The summed E-state index contributed by atoms with van der Waals surface area (Å²) in [5.41, 5.74) is 1.94. The van der Waals surface area contributed by atoms with E-state index in [-0.39, 0.29) is 11.3 Å². The second-order valence-electron chi connectivity index (χ2n) is 9.13. The lowest BCUT2D eigenvalue weighted by molar-refractivity contribution is -0.137. The summed E-state index contributed by atoms with van der Waals surface area (Å²) in [6.07, 6.45) is 0.0211. The monoisotopic (exact) mass is 520 g/mol. The van der Waals surface area contributed by atoms with E-state index in [4.69, 9.17) is 4.74 Å². The standard InChI is InChI=1S/C29H27F3N4O2/c1-38-23-13-10-20(11-14-23)27-24(19-36(34-27)22-8-4-2-5-9-22)28(37)33-25-18-21(29(30,31)32)12-15-26(25)35-16-6-3-7-17-35/h2,4-5,8-15,18-19H,3,6-7,16-17H2,1H3,(H,33,37). The normalized spacial score (nSPS) is 13.8. The van der Waals surface area contributed by atoms with Gasteiger partial charge in [-0.25, -0.2) is 4.68 Å². The van der Waals surface area contributed by atoms with Gasteiger partial charge < -0.3 is 15.0 Å². The zero-order valence-corrected chi connectivity index (χ0v) is 20.8. The van der Waals surface area contributed by atoms with Crippen LogP contribution in [0.5, 0.6) is 5.75 Å². The first-order valence-corrected chi connectivity index (χ1v) is 12.4. The van der Waals surface area contributed by atoms with Crippen molar-refractivity contribution in [2.75, 3.05) is 30.4 Å². The van der Waals surface area contributed by atoms with Gasteiger partial charge in [-0.05, 0) is 73.9 Å². The Hall–Kier alpha value is -4.27. The maximum absolute atomic E-state index is 13.7. The van der Waals surface area contributed by atoms with E-state index >= 15 is 0 Å². The molecule has 2 heterocycles. The second kappa shape index (κ2) is 10.6. The van der Waals surface area contributed by atoms with Crippen LogP contribution in [0, 0.1) is 0 Å². The van der Waals surface area contributed by atoms with Crippen molar-refractivity contribution < 1.29 is 22.7 Å². The molecule has 38 heavy (non-hydrogen) atoms. The van der Waals surface area contributed by atoms with Crippen molar-refractivity contribution in [3.8, 4) is 22.7 Å². The van der Waals surface area contributed by atoms with Crippen LogP contribution in [0.1, 0.15) is 35.2 Å². The van der Waals surface area contributed by atoms with Crippen molar-refractivity contribution in [1.82, 2.24) is 9.78 Å². The first-order valence-electron chi connectivity index (χ1n) is 12.4. The average Bonchev–Trinajstić information content (AvgIpc) is 3.39. The van der Waals surface area contributed by atoms with E-state index in [0.717, 1.165) is 50.2 Å². The van der Waals surface area contributed by atoms with Gasteiger partial charge >= 0.3 is 6.18 Å². The van der Waals surface area contributed by atoms with Crippen LogP contribution in [0.3, 0.4) is 0 Å². The van der Waals surface area contributed by atoms with Gasteiger partial charge in [0, 0.05) is 24.8 Å². The molecule has 1 aliphatic rings. The minimum absolute atomic E-state index is 0.125. The summed E-state index contributed by atoms with van der Waals surface area (Å²) in [5.74, 6) is 0.105. The lowest BCUT2D eigenvalue weighted by Gasteiger charge is -2.31. The summed E-state index contributed by atoms with van der Waals surface area (Å²) in [7, 11) is 1.56. The highest BCUT2D eigenvalue weighted by molar-refractivity contribution is 6.09. The van der Waals surface area contributed by atoms with Crippen LogP contribution < -0.4 is 15.0 Å². The SMILES string of the molecule is COc1ccc(-c2nn(-c3ccccc3)cc2C(=O)Nc2cc(C(F)(F)F)ccc2N2CCCCC2)cc1. The Morgan fingerprint density at radius 2 is 1.66 bits per heavy atom. The smallest absolute Gasteiger partial charge is 0.416 e. The molecule has 1 fully saturated rings. The molecule has 196 valence electrons. The Morgan fingerprint density at radius 3 is 2.32 bits per heavy atom. The number of rotatable bonds is 6. The van der Waals surface area contributed by atoms with Crippen molar-refractivity contribution >= 4 is 17.3 Å². The lowest BCUT2D eigenvalue weighted by atomic mass is 10.1. The van der Waals surface area contributed by atoms with E-state index in [2.05, 4.69) is 10.4 Å². The number of carbonyl (C=O) groups excluding carboxylic acids is 1. The van der Waals surface area contributed by atoms with Gasteiger partial charge in [0.25, 0.3) is 5.91 Å². The van der Waals surface area contributed by atoms with Crippen LogP contribution in [-0.2, 0) is 6.18 Å². The molecule has 1 amide bonds. The lowest BCUT2D eigenvalue weighted by Crippen LogP contribution is -2.30. The number of piperidine rings is 1. The number of carbonyl (C=O) groups is 1. The number of nitrogens with one attached hydrogen (secondary N) is 1. The number of nitrogens with zero attached hydrogens (tertiary/aromatic N) is 3. The number of halogens is 3. The summed E-state index contributed by atoms with van der Waals surface area (Å²) in [6.45, 7) is 1.44. The average molecular weight is 521 g/mol. The van der Waals surface area contributed by atoms with Gasteiger partial charge in [0.05, 0.1) is 35.3 Å². The Kier molecular flexibility index (Phi) is 7.09. The van der Waals surface area contributed by atoms with Crippen molar-refractivity contribution in [2.24, 2.45) is 0 Å². The number of benzene rings is 3. The number of para-hydroxylation sites is 1. The molecule has 1 aromatic heterocycles. The first-order chi connectivity index (χ1) is 18.3. The van der Waals surface area contributed by atoms with Gasteiger partial charge in [-0.15, -0.1) is 0 Å². The second-order valence-corrected chi connectivity index (χ2v) is 9.13. The van der Waals surface area contributed by atoms with E-state index in [9.17, 15) is 18.0 Å². The quantitative estimate of drug-likeness (QED) is 0.304. The van der Waals surface area contributed by atoms with Crippen molar-refractivity contribution in [3.63, 3.8) is 0 Å². The minimum atomic E-state index is -4.54. The molecule has 1 saturated heterocycles. The van der Waals surface area contributed by atoms with Crippen LogP contribution in [-0.4, -0.2) is 35.9 Å². The zero-order chi connectivity index (χ0) is 26.7. The first kappa shape index (κ1) is 25.4. The number of hydrogen-bond acceptors (Lipinski definition) is 4. The number of amides is 1. The summed E-state index contributed by atoms with van der Waals surface area (Å²) >= 11 is 0. The highest BCUT2D eigenvalue weighted by Gasteiger charge is 2.32. The molecule has 0 aliphatic carbocycles. The predicted octanol–water partition coefficient (Wildman–Crippen LogP) is 6.81. The highest BCUT2D eigenvalue weighted by Crippen LogP contribution is 2.37. The molecule has 0 saturated carbocycles. The van der Waals surface area contributed by atoms with Gasteiger partial charge in [0.1, 0.15) is 11.4 Å². The van der Waals surface area contributed by atoms with Gasteiger partial charge in [-0.2, -0.15) is 18.3 Å². The summed E-state index contributed by atoms with van der Waals surface area (Å²) in [5, 5.41) is 7.44. The van der Waals surface area contributed by atoms with E-state index in [1.165, 1.54) is 6.07 Å². The third-order valence-electron chi connectivity index (χ3n) is 6.61. The molecule has 0 radical (unpaired) electrons. The maximum Gasteiger partial charge on any atom is 0.416 e. The van der Waals surface area contributed by atoms with Gasteiger partial charge in [0.2, 0.25) is 0 Å². The van der Waals surface area contributed by atoms with Crippen molar-refractivity contribution in [3.05, 3.63) is 90.1 Å². The van der Waals surface area contributed by atoms with E-state index in [1.807, 2.05) is 35.2 Å². The number of ether oxygens (including phenoxy) is 1. The summed E-state index contributed by atoms with van der Waals surface area (Å²) < 4.78 is 47.6. The third kappa shape index (κ3) is 5.37. The molecular formula is C29H27F3N4O2. The molecule has 3 aromatic carbocycles. The fourth-order valence-corrected chi connectivity index (χ4v) is 4.63. The Labute approximate surface area is 218 Å². The molecule has 9 heteroatoms. The van der Waals surface area contributed by atoms with E-state index in [1.54, 1.807) is 42.3 Å². The topological polar surface area (TPSA) is 59.4 Å². The summed E-state index contributed by atoms with van der Waals surface area (Å²) in [6, 6.07) is 19.9. The van der Waals surface area contributed by atoms with Crippen LogP contribution in [0.4, 0.5) is 24.5 Å². The molecule has 1 N–H and O–H groups in total. The fraction of sp³-hybridized carbons (Fsp3) is 0.241. The van der Waals surface area contributed by atoms with Crippen LogP contribution in [0.15, 0.2) is 79.0 Å². The Bertz CT molecular complexity index is 1410. The molecule has 0 spiro atoms. The van der Waals surface area contributed by atoms with Crippen molar-refractivity contribution in [2.45, 2.75) is 25.4 Å². The molecule has 6 nitrogen and oxygen atoms in total. The van der Waals surface area contributed by atoms with Crippen LogP contribution in [0.2, 0.25) is 0 Å². The van der Waals surface area contributed by atoms with Crippen LogP contribution >= 0.6 is 0 Å². The van der Waals surface area contributed by atoms with E-state index < -0.39 is 17.6 Å². The largest absolute Gasteiger partial charge is 0.497 e. The molecule has 4 aromatic rings. The number of aromatic nitrogens is 2. The maximum atomic E-state index is 13.7. The molecule has 1 aliphatic heterocycles. The number of methoxy groups -OCH3 is 1. The van der Waals surface area contributed by atoms with Crippen molar-refractivity contribution in [1.29, 1.82) is 0 Å². The minimum Gasteiger partial charge on any atom is -0.497 e. The molecule has 0 atom stereocenters. The number of anilines is 2. The third-order valence-corrected chi connectivity index (χ3v) is 6.61. The molecular weight excluding hydrogens is 493 g/mol. The molecule has 5 rings (SSSR count). The predicted molar refractivity (Wildman–Crippen MR) is 141 cm³/mol. The van der Waals surface area contributed by atoms with Gasteiger partial charge in [-0.3, -0.25) is 4.79 Å².